The lowest BCUT2D eigenvalue weighted by Crippen LogP contribution is -2.40. The maximum Gasteiger partial charge on any atom is 0.387 e. The van der Waals surface area contributed by atoms with Crippen LogP contribution in [0.2, 0.25) is 10.0 Å². The first-order chi connectivity index (χ1) is 22.7. The average molecular weight is 770 g/mol. The summed E-state index contributed by atoms with van der Waals surface area (Å²) in [6, 6.07) is 8.58. The lowest BCUT2D eigenvalue weighted by molar-refractivity contribution is -0.904. The molecular formula is C29H30Cl2F2N3O9S3+. The summed E-state index contributed by atoms with van der Waals surface area (Å²) in [6.45, 7) is -2.91. The van der Waals surface area contributed by atoms with Crippen LogP contribution in [0.5, 0.6) is 11.5 Å². The van der Waals surface area contributed by atoms with Crippen molar-refractivity contribution in [3.63, 3.8) is 0 Å². The molecule has 1 aromatic heterocycles. The van der Waals surface area contributed by atoms with Crippen LogP contribution in [0, 0.1) is 5.92 Å². The number of carbonyl (C=O) groups excluding carboxylic acids is 1. The van der Waals surface area contributed by atoms with E-state index in [0.717, 1.165) is 53.2 Å². The van der Waals surface area contributed by atoms with Gasteiger partial charge in [0.15, 0.2) is 16.9 Å². The molecule has 2 fully saturated rings. The van der Waals surface area contributed by atoms with Crippen molar-refractivity contribution in [2.75, 3.05) is 26.0 Å². The van der Waals surface area contributed by atoms with Gasteiger partial charge in [-0.05, 0) is 67.8 Å². The molecule has 0 unspecified atom stereocenters. The number of ether oxygens (including phenoxy) is 3. The minimum atomic E-state index is -4.30. The summed E-state index contributed by atoms with van der Waals surface area (Å²) in [5.74, 6) is -0.656. The van der Waals surface area contributed by atoms with E-state index in [1.807, 2.05) is 0 Å². The van der Waals surface area contributed by atoms with E-state index in [9.17, 15) is 35.6 Å². The normalized spacial score (nSPS) is 17.8. The topological polar surface area (TPSA) is 152 Å². The number of benzene rings is 2. The highest BCUT2D eigenvalue weighted by Crippen LogP contribution is 2.39. The molecule has 260 valence electrons. The third-order valence-corrected chi connectivity index (χ3v) is 12.8. The van der Waals surface area contributed by atoms with Crippen LogP contribution in [0.25, 0.3) is 0 Å². The van der Waals surface area contributed by atoms with E-state index in [-0.39, 0.29) is 73.7 Å². The standard InChI is InChI=1S/C29H30Cl2F2N3O9S3/c1-34-47(39,40)19-5-7-20(8-6-19)48(41,42)36-10-11-46-27(36)28(37)44-25(13-21-22(30)14-35(38)15-23(21)31)18-4-9-24(45-29(32)33)26(12-18)43-16-17-2-3-17/h4-9,12,14-15,17,25,27,29,34,38H,2-3,10-11,13,16H2,1H3/q+1/t25-,27-/m0/s1. The Hall–Kier alpha value is -2.93. The number of esters is 1. The van der Waals surface area contributed by atoms with Gasteiger partial charge in [-0.15, -0.1) is 11.8 Å². The molecule has 2 N–H and O–H groups in total. The zero-order valence-electron chi connectivity index (χ0n) is 25.1. The fourth-order valence-corrected chi connectivity index (χ4v) is 9.18. The van der Waals surface area contributed by atoms with E-state index in [2.05, 4.69) is 9.46 Å². The summed E-state index contributed by atoms with van der Waals surface area (Å²) < 4.78 is 98.0. The number of pyridine rings is 1. The quantitative estimate of drug-likeness (QED) is 0.137. The van der Waals surface area contributed by atoms with Crippen LogP contribution in [0.15, 0.2) is 64.6 Å². The molecule has 48 heavy (non-hydrogen) atoms. The van der Waals surface area contributed by atoms with Gasteiger partial charge in [0.2, 0.25) is 32.4 Å². The van der Waals surface area contributed by atoms with Gasteiger partial charge in [-0.25, -0.2) is 26.4 Å². The number of carbonyl (C=O) groups is 1. The minimum Gasteiger partial charge on any atom is -0.489 e. The molecule has 12 nitrogen and oxygen atoms in total. The second kappa shape index (κ2) is 14.9. The first-order valence-electron chi connectivity index (χ1n) is 14.4. The van der Waals surface area contributed by atoms with Crippen LogP contribution in [-0.2, 0) is 36.0 Å². The molecule has 2 aliphatic rings. The lowest BCUT2D eigenvalue weighted by atomic mass is 10.0. The Balaban J connectivity index is 1.46. The highest BCUT2D eigenvalue weighted by Gasteiger charge is 2.42. The van der Waals surface area contributed by atoms with E-state index >= 15 is 0 Å². The van der Waals surface area contributed by atoms with Crippen LogP contribution in [0.4, 0.5) is 8.78 Å². The van der Waals surface area contributed by atoms with Crippen molar-refractivity contribution in [1.29, 1.82) is 0 Å². The molecule has 1 aliphatic carbocycles. The number of hydrogen-bond donors (Lipinski definition) is 2. The van der Waals surface area contributed by atoms with Crippen molar-refractivity contribution in [2.45, 2.75) is 47.1 Å². The molecule has 1 aliphatic heterocycles. The van der Waals surface area contributed by atoms with Crippen molar-refractivity contribution in [3.8, 4) is 11.5 Å². The maximum atomic E-state index is 13.8. The van der Waals surface area contributed by atoms with Gasteiger partial charge in [0, 0.05) is 29.0 Å². The number of hydrogen-bond acceptors (Lipinski definition) is 10. The highest BCUT2D eigenvalue weighted by molar-refractivity contribution is 8.02. The molecule has 2 atom stereocenters. The molecule has 0 spiro atoms. The van der Waals surface area contributed by atoms with E-state index in [4.69, 9.17) is 32.7 Å². The largest absolute Gasteiger partial charge is 0.489 e. The Morgan fingerprint density at radius 1 is 1.06 bits per heavy atom. The SMILES string of the molecule is CNS(=O)(=O)c1ccc(S(=O)(=O)N2CCS[C@H]2C(=O)O[C@@H](Cc2c(Cl)c[n+](O)cc2Cl)c2ccc(OC(F)F)c(OCC3CC3)c2)cc1. The second-order valence-electron chi connectivity index (χ2n) is 10.8. The molecule has 0 amide bonds. The molecule has 2 heterocycles. The monoisotopic (exact) mass is 768 g/mol. The van der Waals surface area contributed by atoms with Crippen LogP contribution in [0.3, 0.4) is 0 Å². The predicted octanol–water partition coefficient (Wildman–Crippen LogP) is 4.41. The second-order valence-corrected chi connectivity index (χ2v) is 16.6. The Morgan fingerprint density at radius 3 is 2.31 bits per heavy atom. The van der Waals surface area contributed by atoms with E-state index in [1.54, 1.807) is 0 Å². The average Bonchev–Trinajstić information content (AvgIpc) is 3.73. The number of sulfonamides is 2. The van der Waals surface area contributed by atoms with Crippen molar-refractivity contribution >= 4 is 61.0 Å². The van der Waals surface area contributed by atoms with Crippen molar-refractivity contribution in [2.24, 2.45) is 5.92 Å². The molecule has 5 rings (SSSR count). The Kier molecular flexibility index (Phi) is 11.3. The Labute approximate surface area is 289 Å². The summed E-state index contributed by atoms with van der Waals surface area (Å²) >= 11 is 13.8. The van der Waals surface area contributed by atoms with Crippen molar-refractivity contribution in [1.82, 2.24) is 9.03 Å². The zero-order valence-corrected chi connectivity index (χ0v) is 29.1. The van der Waals surface area contributed by atoms with Crippen LogP contribution in [-0.4, -0.2) is 70.3 Å². The molecule has 0 bridgehead atoms. The van der Waals surface area contributed by atoms with Gasteiger partial charge >= 0.3 is 12.6 Å². The van der Waals surface area contributed by atoms with Crippen LogP contribution in [0.1, 0.15) is 30.1 Å². The zero-order chi connectivity index (χ0) is 34.8. The molecule has 3 aromatic rings. The number of aromatic nitrogens is 1. The summed E-state index contributed by atoms with van der Waals surface area (Å²) in [6.07, 6.45) is 2.84. The summed E-state index contributed by atoms with van der Waals surface area (Å²) in [5, 5.41) is 8.57. The number of nitrogens with zero attached hydrogens (tertiary/aromatic N) is 2. The van der Waals surface area contributed by atoms with Gasteiger partial charge < -0.3 is 14.2 Å². The number of halogens is 4. The van der Waals surface area contributed by atoms with Gasteiger partial charge in [-0.1, -0.05) is 29.3 Å². The lowest BCUT2D eigenvalue weighted by Gasteiger charge is -2.26. The number of alkyl halides is 2. The number of nitrogens with one attached hydrogen (secondary N) is 1. The van der Waals surface area contributed by atoms with Gasteiger partial charge in [-0.3, -0.25) is 5.21 Å². The number of rotatable bonds is 14. The summed E-state index contributed by atoms with van der Waals surface area (Å²) in [4.78, 5) is 13.4. The molecule has 1 saturated carbocycles. The molecule has 19 heteroatoms. The van der Waals surface area contributed by atoms with Gasteiger partial charge in [0.05, 0.1) is 16.4 Å². The molecule has 2 aromatic carbocycles. The summed E-state index contributed by atoms with van der Waals surface area (Å²) in [5.41, 5.74) is 0.553. The van der Waals surface area contributed by atoms with Crippen LogP contribution < -0.4 is 18.9 Å². The van der Waals surface area contributed by atoms with Crippen molar-refractivity contribution < 1.29 is 54.6 Å². The van der Waals surface area contributed by atoms with Crippen molar-refractivity contribution in [3.05, 3.63) is 76.0 Å². The fourth-order valence-electron chi connectivity index (χ4n) is 4.80. The minimum absolute atomic E-state index is 0.0117. The smallest absolute Gasteiger partial charge is 0.387 e. The number of thioether (sulfide) groups is 1. The molecule has 0 radical (unpaired) electrons. The molecular weight excluding hydrogens is 739 g/mol. The van der Waals surface area contributed by atoms with Gasteiger partial charge in [0.25, 0.3) is 0 Å². The maximum absolute atomic E-state index is 13.8. The van der Waals surface area contributed by atoms with Gasteiger partial charge in [0.1, 0.15) is 16.1 Å². The summed E-state index contributed by atoms with van der Waals surface area (Å²) in [7, 11) is -6.89. The van der Waals surface area contributed by atoms with E-state index in [1.165, 1.54) is 37.6 Å². The predicted molar refractivity (Wildman–Crippen MR) is 170 cm³/mol. The first-order valence-corrected chi connectivity index (χ1v) is 19.1. The van der Waals surface area contributed by atoms with E-state index in [0.29, 0.717) is 4.73 Å². The Morgan fingerprint density at radius 2 is 1.71 bits per heavy atom. The third kappa shape index (κ3) is 8.43. The third-order valence-electron chi connectivity index (χ3n) is 7.50. The fraction of sp³-hybridized carbons (Fsp3) is 0.379. The molecule has 1 saturated heterocycles. The first kappa shape index (κ1) is 36.4. The van der Waals surface area contributed by atoms with Crippen LogP contribution >= 0.6 is 35.0 Å². The van der Waals surface area contributed by atoms with Gasteiger partial charge in [-0.2, -0.15) is 13.1 Å². The van der Waals surface area contributed by atoms with E-state index < -0.39 is 44.1 Å². The Bertz CT molecular complexity index is 1860. The highest BCUT2D eigenvalue weighted by atomic mass is 35.5.